The summed E-state index contributed by atoms with van der Waals surface area (Å²) in [7, 11) is 0. The van der Waals surface area contributed by atoms with Gasteiger partial charge in [-0.3, -0.25) is 4.79 Å². The molecule has 0 aromatic heterocycles. The van der Waals surface area contributed by atoms with Crippen molar-refractivity contribution in [1.82, 2.24) is 5.32 Å². The van der Waals surface area contributed by atoms with Crippen LogP contribution in [0.5, 0.6) is 11.5 Å². The van der Waals surface area contributed by atoms with Crippen LogP contribution < -0.4 is 20.5 Å². The summed E-state index contributed by atoms with van der Waals surface area (Å²) in [5, 5.41) is 3.19. The second-order valence-corrected chi connectivity index (χ2v) is 4.35. The Balaban J connectivity index is 2.00. The molecule has 1 aliphatic heterocycles. The first-order valence-corrected chi connectivity index (χ1v) is 6.17. The van der Waals surface area contributed by atoms with Crippen molar-refractivity contribution in [3.05, 3.63) is 22.7 Å². The molecule has 3 N–H and O–H groups in total. The van der Waals surface area contributed by atoms with Crippen molar-refractivity contribution < 1.29 is 14.3 Å². The maximum atomic E-state index is 11.9. The molecule has 0 saturated heterocycles. The minimum Gasteiger partial charge on any atom is -0.454 e. The van der Waals surface area contributed by atoms with Crippen molar-refractivity contribution in [2.75, 3.05) is 19.9 Å². The zero-order chi connectivity index (χ0) is 13.0. The zero-order valence-corrected chi connectivity index (χ0v) is 10.6. The monoisotopic (exact) mass is 270 g/mol. The number of fused-ring (bicyclic) bond motifs is 1. The van der Waals surface area contributed by atoms with E-state index < -0.39 is 0 Å². The van der Waals surface area contributed by atoms with Gasteiger partial charge in [0.25, 0.3) is 5.91 Å². The molecule has 1 aliphatic rings. The molecule has 5 nitrogen and oxygen atoms in total. The third-order valence-corrected chi connectivity index (χ3v) is 2.89. The summed E-state index contributed by atoms with van der Waals surface area (Å²) in [5.74, 6) is 0.832. The van der Waals surface area contributed by atoms with Gasteiger partial charge in [-0.25, -0.2) is 0 Å². The molecule has 1 aromatic carbocycles. The summed E-state index contributed by atoms with van der Waals surface area (Å²) in [6.45, 7) is 1.37. The molecule has 6 heteroatoms. The molecule has 0 saturated carbocycles. The number of halogens is 1. The maximum Gasteiger partial charge on any atom is 0.251 e. The van der Waals surface area contributed by atoms with Gasteiger partial charge in [-0.2, -0.15) is 0 Å². The van der Waals surface area contributed by atoms with Gasteiger partial charge in [0.15, 0.2) is 11.5 Å². The fraction of sp³-hybridized carbons (Fsp3) is 0.417. The predicted molar refractivity (Wildman–Crippen MR) is 68.2 cm³/mol. The second-order valence-electron chi connectivity index (χ2n) is 3.94. The minimum absolute atomic E-state index is 0.136. The first kappa shape index (κ1) is 13.0. The molecule has 98 valence electrons. The summed E-state index contributed by atoms with van der Waals surface area (Å²) >= 11 is 6.00. The Hall–Kier alpha value is -1.46. The standard InChI is InChI=1S/C12H15ClN2O3/c13-9-5-8(6-10-11(9)18-7-17-10)12(16)15-4-2-1-3-14/h5-6H,1-4,7,14H2,(H,15,16). The van der Waals surface area contributed by atoms with Crippen LogP contribution in [0.1, 0.15) is 23.2 Å². The molecule has 0 spiro atoms. The average molecular weight is 271 g/mol. The number of ether oxygens (including phenoxy) is 2. The first-order chi connectivity index (χ1) is 8.72. The van der Waals surface area contributed by atoms with Gasteiger partial charge in [-0.05, 0) is 31.5 Å². The maximum absolute atomic E-state index is 11.9. The number of hydrogen-bond donors (Lipinski definition) is 2. The molecule has 0 fully saturated rings. The quantitative estimate of drug-likeness (QED) is 0.796. The number of benzene rings is 1. The SMILES string of the molecule is NCCCCNC(=O)c1cc(Cl)c2c(c1)OCO2. The molecule has 1 amide bonds. The van der Waals surface area contributed by atoms with Gasteiger partial charge in [0, 0.05) is 12.1 Å². The third kappa shape index (κ3) is 2.86. The summed E-state index contributed by atoms with van der Waals surface area (Å²) < 4.78 is 10.4. The second kappa shape index (κ2) is 5.93. The number of nitrogens with two attached hydrogens (primary N) is 1. The van der Waals surface area contributed by atoms with Crippen molar-refractivity contribution in [2.45, 2.75) is 12.8 Å². The van der Waals surface area contributed by atoms with Gasteiger partial charge in [0.1, 0.15) is 0 Å². The van der Waals surface area contributed by atoms with E-state index in [-0.39, 0.29) is 12.7 Å². The van der Waals surface area contributed by atoms with E-state index in [1.807, 2.05) is 0 Å². The normalized spacial score (nSPS) is 12.6. The fourth-order valence-electron chi connectivity index (χ4n) is 1.67. The van der Waals surface area contributed by atoms with Crippen molar-refractivity contribution >= 4 is 17.5 Å². The largest absolute Gasteiger partial charge is 0.454 e. The Kier molecular flexibility index (Phi) is 4.28. The van der Waals surface area contributed by atoms with Crippen LogP contribution in [0.3, 0.4) is 0 Å². The molecule has 0 atom stereocenters. The predicted octanol–water partition coefficient (Wildman–Crippen LogP) is 1.54. The molecular formula is C12H15ClN2O3. The van der Waals surface area contributed by atoms with Crippen molar-refractivity contribution in [1.29, 1.82) is 0 Å². The third-order valence-electron chi connectivity index (χ3n) is 2.61. The van der Waals surface area contributed by atoms with Crippen LogP contribution in [-0.4, -0.2) is 25.8 Å². The molecular weight excluding hydrogens is 256 g/mol. The minimum atomic E-state index is -0.174. The van der Waals surface area contributed by atoms with Crippen LogP contribution in [0, 0.1) is 0 Å². The van der Waals surface area contributed by atoms with Gasteiger partial charge in [0.2, 0.25) is 6.79 Å². The van der Waals surface area contributed by atoms with Gasteiger partial charge in [-0.1, -0.05) is 11.6 Å². The highest BCUT2D eigenvalue weighted by atomic mass is 35.5. The van der Waals surface area contributed by atoms with Crippen LogP contribution in [-0.2, 0) is 0 Å². The molecule has 18 heavy (non-hydrogen) atoms. The molecule has 0 bridgehead atoms. The van der Waals surface area contributed by atoms with E-state index in [9.17, 15) is 4.79 Å². The summed E-state index contributed by atoms with van der Waals surface area (Å²) in [5.41, 5.74) is 5.85. The highest BCUT2D eigenvalue weighted by Gasteiger charge is 2.20. The van der Waals surface area contributed by atoms with E-state index in [1.54, 1.807) is 12.1 Å². The van der Waals surface area contributed by atoms with E-state index in [4.69, 9.17) is 26.8 Å². The summed E-state index contributed by atoms with van der Waals surface area (Å²) in [6.07, 6.45) is 1.75. The molecule has 0 radical (unpaired) electrons. The Bertz CT molecular complexity index is 451. The lowest BCUT2D eigenvalue weighted by Gasteiger charge is -2.06. The van der Waals surface area contributed by atoms with Gasteiger partial charge in [-0.15, -0.1) is 0 Å². The number of carbonyl (C=O) groups is 1. The van der Waals surface area contributed by atoms with Gasteiger partial charge in [0.05, 0.1) is 5.02 Å². The van der Waals surface area contributed by atoms with Crippen LogP contribution in [0.25, 0.3) is 0 Å². The lowest BCUT2D eigenvalue weighted by atomic mass is 10.2. The number of carbonyl (C=O) groups excluding carboxylic acids is 1. The number of amides is 1. The highest BCUT2D eigenvalue weighted by molar-refractivity contribution is 6.32. The van der Waals surface area contributed by atoms with Crippen LogP contribution in [0.2, 0.25) is 5.02 Å². The Morgan fingerprint density at radius 3 is 3.00 bits per heavy atom. The van der Waals surface area contributed by atoms with E-state index >= 15 is 0 Å². The zero-order valence-electron chi connectivity index (χ0n) is 9.87. The fourth-order valence-corrected chi connectivity index (χ4v) is 1.94. The molecule has 1 aromatic rings. The van der Waals surface area contributed by atoms with E-state index in [0.717, 1.165) is 12.8 Å². The van der Waals surface area contributed by atoms with Crippen LogP contribution >= 0.6 is 11.6 Å². The number of nitrogens with one attached hydrogen (secondary N) is 1. The molecule has 1 heterocycles. The lowest BCUT2D eigenvalue weighted by molar-refractivity contribution is 0.0952. The average Bonchev–Trinajstić information content (AvgIpc) is 2.83. The van der Waals surface area contributed by atoms with E-state index in [1.165, 1.54) is 0 Å². The molecule has 0 unspecified atom stereocenters. The molecule has 0 aliphatic carbocycles. The van der Waals surface area contributed by atoms with Gasteiger partial charge < -0.3 is 20.5 Å². The first-order valence-electron chi connectivity index (χ1n) is 5.80. The lowest BCUT2D eigenvalue weighted by Crippen LogP contribution is -2.24. The van der Waals surface area contributed by atoms with Crippen LogP contribution in [0.4, 0.5) is 0 Å². The summed E-state index contributed by atoms with van der Waals surface area (Å²) in [4.78, 5) is 11.9. The number of unbranched alkanes of at least 4 members (excludes halogenated alkanes) is 1. The van der Waals surface area contributed by atoms with Crippen molar-refractivity contribution in [3.63, 3.8) is 0 Å². The Labute approximate surface area is 110 Å². The molecule has 2 rings (SSSR count). The Morgan fingerprint density at radius 1 is 1.39 bits per heavy atom. The van der Waals surface area contributed by atoms with Crippen molar-refractivity contribution in [2.24, 2.45) is 5.73 Å². The van der Waals surface area contributed by atoms with Crippen molar-refractivity contribution in [3.8, 4) is 11.5 Å². The topological polar surface area (TPSA) is 73.6 Å². The van der Waals surface area contributed by atoms with E-state index in [0.29, 0.717) is 35.2 Å². The van der Waals surface area contributed by atoms with E-state index in [2.05, 4.69) is 5.32 Å². The number of hydrogen-bond acceptors (Lipinski definition) is 4. The summed E-state index contributed by atoms with van der Waals surface area (Å²) in [6, 6.07) is 3.21. The highest BCUT2D eigenvalue weighted by Crippen LogP contribution is 2.39. The Morgan fingerprint density at radius 2 is 2.22 bits per heavy atom. The smallest absolute Gasteiger partial charge is 0.251 e. The van der Waals surface area contributed by atoms with Gasteiger partial charge >= 0.3 is 0 Å². The number of rotatable bonds is 5. The van der Waals surface area contributed by atoms with Crippen LogP contribution in [0.15, 0.2) is 12.1 Å².